The zero-order valence-corrected chi connectivity index (χ0v) is 64.2. The van der Waals surface area contributed by atoms with E-state index in [1.807, 2.05) is 18.6 Å². The first kappa shape index (κ1) is 68.1. The second-order valence-corrected chi connectivity index (χ2v) is 36.0. The SMILES string of the molecule is CC(C)(C)c1ccnc(-c2[c-]cc(-c3cc4c(cc3-c3cc(-c5cc6c(cc5-c5[c-]cc(-c7cc(C(C)(C)C)ccn7)cc5)C(C)(C)CC6(C)C)cc(-c5cc6c(cc5-c5ccc(-c7cc(C(C)(C)C)ccn7)cc5)C(C)(C)CC6(C)C)c3)C(C)(C)CC4(C)C)c(Br)c2)c1.[Ir]. The van der Waals surface area contributed by atoms with Gasteiger partial charge >= 0.3 is 0 Å². The van der Waals surface area contributed by atoms with Crippen LogP contribution in [0.25, 0.3) is 101 Å². The van der Waals surface area contributed by atoms with Gasteiger partial charge in [-0.1, -0.05) is 248 Å². The minimum absolute atomic E-state index is 0. The molecule has 0 saturated heterocycles. The average Bonchev–Trinajstić information content (AvgIpc) is 1.64. The molecule has 0 N–H and O–H groups in total. The van der Waals surface area contributed by atoms with E-state index in [-0.39, 0.29) is 68.8 Å². The van der Waals surface area contributed by atoms with Crippen LogP contribution in [-0.4, -0.2) is 15.0 Å². The number of benzene rings is 7. The molecular weight excluding hydrogens is 1400 g/mol. The van der Waals surface area contributed by atoms with Gasteiger partial charge in [0.1, 0.15) is 0 Å². The van der Waals surface area contributed by atoms with E-state index < -0.39 is 0 Å². The van der Waals surface area contributed by atoms with E-state index in [0.29, 0.717) is 0 Å². The molecule has 7 aromatic carbocycles. The van der Waals surface area contributed by atoms with Crippen LogP contribution >= 0.6 is 15.9 Å². The summed E-state index contributed by atoms with van der Waals surface area (Å²) in [7, 11) is 0. The third kappa shape index (κ3) is 12.6. The minimum atomic E-state index is -0.0675. The predicted octanol–water partition coefficient (Wildman–Crippen LogP) is 25.0. The van der Waals surface area contributed by atoms with Gasteiger partial charge in [0.2, 0.25) is 0 Å². The number of aromatic nitrogens is 3. The van der Waals surface area contributed by atoms with Gasteiger partial charge in [0.05, 0.1) is 5.69 Å². The Morgan fingerprint density at radius 3 is 1.01 bits per heavy atom. The molecule has 0 saturated carbocycles. The van der Waals surface area contributed by atoms with Gasteiger partial charge in [-0.15, -0.1) is 53.6 Å². The Kier molecular flexibility index (Phi) is 16.8. The molecule has 3 aliphatic rings. The molecule has 0 unspecified atom stereocenters. The van der Waals surface area contributed by atoms with Crippen LogP contribution in [-0.2, 0) is 68.8 Å². The topological polar surface area (TPSA) is 38.7 Å². The van der Waals surface area contributed by atoms with E-state index in [2.05, 4.69) is 319 Å². The number of hydrogen-bond donors (Lipinski definition) is 0. The zero-order chi connectivity index (χ0) is 67.4. The summed E-state index contributed by atoms with van der Waals surface area (Å²) in [6.07, 6.45) is 9.02. The fourth-order valence-electron chi connectivity index (χ4n) is 17.1. The van der Waals surface area contributed by atoms with Crippen molar-refractivity contribution in [3.8, 4) is 101 Å². The van der Waals surface area contributed by atoms with Crippen LogP contribution in [0.3, 0.4) is 0 Å². The molecule has 0 aliphatic heterocycles. The maximum atomic E-state index is 4.94. The maximum absolute atomic E-state index is 4.94. The summed E-state index contributed by atoms with van der Waals surface area (Å²) in [6, 6.07) is 64.3. The first-order chi connectivity index (χ1) is 43.8. The van der Waals surface area contributed by atoms with Crippen LogP contribution in [0.1, 0.15) is 215 Å². The smallest absolute Gasteiger partial charge is 0.0704 e. The summed E-state index contributed by atoms with van der Waals surface area (Å²) in [6.45, 7) is 49.8. The van der Waals surface area contributed by atoms with Gasteiger partial charge in [0.25, 0.3) is 0 Å². The van der Waals surface area contributed by atoms with Crippen LogP contribution in [0.5, 0.6) is 0 Å². The Labute approximate surface area is 591 Å². The van der Waals surface area contributed by atoms with Crippen molar-refractivity contribution in [2.24, 2.45) is 0 Å². The largest absolute Gasteiger partial charge is 0.305 e. The molecular formula is C90H96BrIrN3-2. The van der Waals surface area contributed by atoms with E-state index in [1.54, 1.807) is 0 Å². The first-order valence-electron chi connectivity index (χ1n) is 34.3. The zero-order valence-electron chi connectivity index (χ0n) is 60.3. The van der Waals surface area contributed by atoms with Crippen LogP contribution < -0.4 is 0 Å². The average molecular weight is 1490 g/mol. The third-order valence-electron chi connectivity index (χ3n) is 21.6. The summed E-state index contributed by atoms with van der Waals surface area (Å²) >= 11 is 4.25. The summed E-state index contributed by atoms with van der Waals surface area (Å²) in [5, 5.41) is 0. The molecule has 0 fully saturated rings. The number of rotatable bonds is 9. The van der Waals surface area contributed by atoms with E-state index in [1.165, 1.54) is 106 Å². The summed E-state index contributed by atoms with van der Waals surface area (Å²) in [4.78, 5) is 14.8. The normalized spacial score (nSPS) is 17.0. The van der Waals surface area contributed by atoms with E-state index >= 15 is 0 Å². The van der Waals surface area contributed by atoms with Crippen LogP contribution in [0, 0.1) is 12.1 Å². The van der Waals surface area contributed by atoms with Crippen LogP contribution in [0.2, 0.25) is 0 Å². The maximum Gasteiger partial charge on any atom is 0.0704 e. The van der Waals surface area contributed by atoms with Gasteiger partial charge in [-0.25, -0.2) is 0 Å². The number of pyridine rings is 3. The van der Waals surface area contributed by atoms with E-state index in [4.69, 9.17) is 15.0 Å². The Morgan fingerprint density at radius 2 is 0.621 bits per heavy atom. The number of halogens is 1. The molecule has 1 radical (unpaired) electrons. The molecule has 0 spiro atoms. The number of hydrogen-bond acceptors (Lipinski definition) is 3. The van der Waals surface area contributed by atoms with Crippen molar-refractivity contribution in [1.82, 2.24) is 15.0 Å². The van der Waals surface area contributed by atoms with Gasteiger partial charge in [-0.3, -0.25) is 9.97 Å². The molecule has 3 heterocycles. The fourth-order valence-corrected chi connectivity index (χ4v) is 17.6. The number of nitrogens with zero attached hydrogens (tertiary/aromatic N) is 3. The predicted molar refractivity (Wildman–Crippen MR) is 402 cm³/mol. The fraction of sp³-hybridized carbons (Fsp3) is 0.367. The molecule has 0 amide bonds. The number of fused-ring (bicyclic) bond motifs is 3. The summed E-state index contributed by atoms with van der Waals surface area (Å²) < 4.78 is 1.01. The van der Waals surface area contributed by atoms with Crippen molar-refractivity contribution in [3.63, 3.8) is 0 Å². The standard InChI is InChI=1S/C90H96BrN3.Ir/c1-82(2,3)62-32-35-92-79(42-62)56-26-22-54(23-27-56)66-45-72-74(87(14,15)51-85(72,10)11)47-68(66)59-38-60(69-48-75-73(86(12,13)52-88(75,16)17)46-67(69)55-24-28-57(29-25-55)80-43-63(33-36-93-80)83(4,5)6)40-61(39-59)70-49-76-77(90(20,21)53-89(76,18)19)50-71(70)65-31-30-58(41-78(65)91)81-44-64(34-37-94-81)84(7,8)9;/h22-24,26-29,31-50H,51-53H2,1-21H3;/q-2;. The molecule has 0 atom stereocenters. The molecule has 489 valence electrons. The Morgan fingerprint density at radius 1 is 0.305 bits per heavy atom. The summed E-state index contributed by atoms with van der Waals surface area (Å²) in [5.74, 6) is 0. The van der Waals surface area contributed by atoms with Gasteiger partial charge in [-0.05, 0) is 223 Å². The Bertz CT molecular complexity index is 4480. The second-order valence-electron chi connectivity index (χ2n) is 35.2. The quantitative estimate of drug-likeness (QED) is 0.135. The van der Waals surface area contributed by atoms with Gasteiger partial charge in [0, 0.05) is 50.0 Å². The van der Waals surface area contributed by atoms with Gasteiger partial charge in [0.15, 0.2) is 0 Å². The molecule has 3 nitrogen and oxygen atoms in total. The molecule has 3 aliphatic carbocycles. The first-order valence-corrected chi connectivity index (χ1v) is 35.1. The Hall–Kier alpha value is -6.88. The van der Waals surface area contributed by atoms with Crippen LogP contribution in [0.15, 0.2) is 169 Å². The van der Waals surface area contributed by atoms with Crippen molar-refractivity contribution < 1.29 is 20.1 Å². The van der Waals surface area contributed by atoms with Crippen molar-refractivity contribution in [2.45, 2.75) is 213 Å². The molecule has 10 aromatic rings. The van der Waals surface area contributed by atoms with Crippen molar-refractivity contribution in [2.75, 3.05) is 0 Å². The molecule has 3 aromatic heterocycles. The minimum Gasteiger partial charge on any atom is -0.305 e. The third-order valence-corrected chi connectivity index (χ3v) is 22.3. The van der Waals surface area contributed by atoms with E-state index in [0.717, 1.165) is 68.6 Å². The van der Waals surface area contributed by atoms with Gasteiger partial charge < -0.3 is 4.98 Å². The summed E-state index contributed by atoms with van der Waals surface area (Å²) in [5.41, 5.74) is 32.0. The Balaban J connectivity index is 0.00000864. The van der Waals surface area contributed by atoms with E-state index in [9.17, 15) is 0 Å². The molecule has 0 bridgehead atoms. The molecule has 95 heavy (non-hydrogen) atoms. The van der Waals surface area contributed by atoms with Gasteiger partial charge in [-0.2, -0.15) is 0 Å². The van der Waals surface area contributed by atoms with Crippen molar-refractivity contribution in [1.29, 1.82) is 0 Å². The van der Waals surface area contributed by atoms with Crippen molar-refractivity contribution in [3.05, 3.63) is 231 Å². The molecule has 5 heteroatoms. The second kappa shape index (κ2) is 23.4. The van der Waals surface area contributed by atoms with Crippen molar-refractivity contribution >= 4 is 15.9 Å². The monoisotopic (exact) mass is 1490 g/mol. The molecule has 13 rings (SSSR count). The van der Waals surface area contributed by atoms with Crippen LogP contribution in [0.4, 0.5) is 0 Å².